The number of likely N-dealkylation sites (N-methyl/N-ethyl adjacent to an activating group) is 1. The molecule has 1 unspecified atom stereocenters. The van der Waals surface area contributed by atoms with Gasteiger partial charge in [-0.25, -0.2) is 0 Å². The van der Waals surface area contributed by atoms with Gasteiger partial charge in [-0.05, 0) is 99.4 Å². The number of rotatable bonds is 17. The average Bonchev–Trinajstić information content (AvgIpc) is 3.45. The number of hydrogen-bond acceptors (Lipinski definition) is 7. The Labute approximate surface area is 256 Å². The summed E-state index contributed by atoms with van der Waals surface area (Å²) in [4.78, 5) is 16.9. The number of anilines is 1. The molecule has 0 bridgehead atoms. The molecule has 1 aliphatic carbocycles. The van der Waals surface area contributed by atoms with Crippen LogP contribution in [-0.2, 0) is 17.6 Å². The van der Waals surface area contributed by atoms with Crippen LogP contribution in [0, 0.1) is 5.92 Å². The van der Waals surface area contributed by atoms with Crippen molar-refractivity contribution in [2.45, 2.75) is 83.2 Å². The van der Waals surface area contributed by atoms with Gasteiger partial charge in [-0.2, -0.15) is 0 Å². The van der Waals surface area contributed by atoms with Crippen LogP contribution in [-0.4, -0.2) is 55.3 Å². The Kier molecular flexibility index (Phi) is 13.2. The van der Waals surface area contributed by atoms with E-state index >= 15 is 0 Å². The number of guanidine groups is 1. The summed E-state index contributed by atoms with van der Waals surface area (Å²) < 4.78 is 11.8. The van der Waals surface area contributed by atoms with E-state index in [2.05, 4.69) is 22.5 Å². The Morgan fingerprint density at radius 1 is 1.14 bits per heavy atom. The molecule has 0 amide bonds. The molecule has 9 heteroatoms. The molecule has 6 N–H and O–H groups in total. The number of carbonyl (C=O) groups excluding carboxylic acids is 1. The predicted octanol–water partition coefficient (Wildman–Crippen LogP) is 5.87. The first-order chi connectivity index (χ1) is 20.7. The summed E-state index contributed by atoms with van der Waals surface area (Å²) in [6, 6.07) is 8.97. The van der Waals surface area contributed by atoms with Gasteiger partial charge in [-0.3, -0.25) is 9.79 Å². The van der Waals surface area contributed by atoms with E-state index in [0.29, 0.717) is 43.0 Å². The Morgan fingerprint density at radius 2 is 1.88 bits per heavy atom. The molecule has 2 aromatic carbocycles. The monoisotopic (exact) mass is 594 g/mol. The maximum atomic E-state index is 12.9. The zero-order chi connectivity index (χ0) is 31.2. The molecule has 0 aliphatic heterocycles. The quantitative estimate of drug-likeness (QED) is 0.0504. The first kappa shape index (κ1) is 33.8. The lowest BCUT2D eigenvalue weighted by Gasteiger charge is -2.31. The summed E-state index contributed by atoms with van der Waals surface area (Å²) >= 11 is 0. The zero-order valence-corrected chi connectivity index (χ0v) is 26.2. The lowest BCUT2D eigenvalue weighted by atomic mass is 9.92. The first-order valence-electron chi connectivity index (χ1n) is 15.5. The van der Waals surface area contributed by atoms with Crippen molar-refractivity contribution in [3.63, 3.8) is 0 Å². The lowest BCUT2D eigenvalue weighted by Crippen LogP contribution is -2.42. The van der Waals surface area contributed by atoms with Crippen LogP contribution in [0.3, 0.4) is 0 Å². The standard InChI is InChI=1S/C34H50N4O5/c1-5-6-7-10-24(11-14-27(39)15-12-25-13-16-29(40)30(21-25)42-4)19-26-20-28(38-33(35)37-3)32(41)31(22-26)43-34(23-36-2)17-8-9-18-34/h11,13-14,16,20-22,24,36,40-41H,5-10,12,15,17-19,23H2,1-4H3,(H3,35,37,38). The fraction of sp³-hybridized carbons (Fsp3) is 0.529. The highest BCUT2D eigenvalue weighted by atomic mass is 16.5. The molecular weight excluding hydrogens is 544 g/mol. The van der Waals surface area contributed by atoms with Crippen molar-refractivity contribution in [1.29, 1.82) is 0 Å². The number of methoxy groups -OCH3 is 1. The van der Waals surface area contributed by atoms with E-state index in [1.807, 2.05) is 25.3 Å². The SMILES string of the molecule is CCCCCC(C=CC(=O)CCc1ccc(O)c(OC)c1)Cc1cc(NC(N)=NC)c(O)c(OC2(CNC)CCCC2)c1. The normalized spacial score (nSPS) is 15.5. The van der Waals surface area contributed by atoms with Gasteiger partial charge >= 0.3 is 0 Å². The van der Waals surface area contributed by atoms with E-state index in [-0.39, 0.29) is 34.8 Å². The summed E-state index contributed by atoms with van der Waals surface area (Å²) in [5, 5.41) is 27.3. The molecule has 3 rings (SSSR count). The van der Waals surface area contributed by atoms with Crippen LogP contribution in [0.4, 0.5) is 5.69 Å². The number of nitrogens with one attached hydrogen (secondary N) is 2. The van der Waals surface area contributed by atoms with E-state index in [4.69, 9.17) is 15.2 Å². The number of carbonyl (C=O) groups is 1. The molecule has 1 saturated carbocycles. The van der Waals surface area contributed by atoms with Crippen molar-refractivity contribution in [3.05, 3.63) is 53.6 Å². The number of phenols is 2. The van der Waals surface area contributed by atoms with Crippen molar-refractivity contribution < 1.29 is 24.5 Å². The van der Waals surface area contributed by atoms with E-state index in [1.54, 1.807) is 31.3 Å². The number of nitrogens with two attached hydrogens (primary N) is 1. The molecule has 1 aliphatic rings. The van der Waals surface area contributed by atoms with Gasteiger partial charge < -0.3 is 36.1 Å². The van der Waals surface area contributed by atoms with Gasteiger partial charge in [0.15, 0.2) is 34.7 Å². The minimum Gasteiger partial charge on any atom is -0.504 e. The highest BCUT2D eigenvalue weighted by Crippen LogP contribution is 2.42. The number of aryl methyl sites for hydroxylation is 1. The highest BCUT2D eigenvalue weighted by molar-refractivity contribution is 5.94. The van der Waals surface area contributed by atoms with Crippen molar-refractivity contribution in [2.24, 2.45) is 16.6 Å². The third-order valence-corrected chi connectivity index (χ3v) is 8.11. The summed E-state index contributed by atoms with van der Waals surface area (Å²) in [6.45, 7) is 2.87. The first-order valence-corrected chi connectivity index (χ1v) is 15.5. The predicted molar refractivity (Wildman–Crippen MR) is 173 cm³/mol. The lowest BCUT2D eigenvalue weighted by molar-refractivity contribution is -0.114. The third kappa shape index (κ3) is 10.2. The average molecular weight is 595 g/mol. The fourth-order valence-corrected chi connectivity index (χ4v) is 5.74. The molecule has 0 radical (unpaired) electrons. The Hall–Kier alpha value is -3.72. The topological polar surface area (TPSA) is 138 Å². The van der Waals surface area contributed by atoms with E-state index in [0.717, 1.165) is 62.5 Å². The third-order valence-electron chi connectivity index (χ3n) is 8.11. The molecule has 0 spiro atoms. The van der Waals surface area contributed by atoms with Crippen LogP contribution >= 0.6 is 0 Å². The number of allylic oxidation sites excluding steroid dienone is 2. The smallest absolute Gasteiger partial charge is 0.192 e. The van der Waals surface area contributed by atoms with Crippen LogP contribution in [0.1, 0.15) is 75.8 Å². The van der Waals surface area contributed by atoms with Crippen LogP contribution in [0.15, 0.2) is 47.5 Å². The summed E-state index contributed by atoms with van der Waals surface area (Å²) in [6.07, 6.45) is 13.6. The van der Waals surface area contributed by atoms with Crippen molar-refractivity contribution >= 4 is 17.4 Å². The molecule has 236 valence electrons. The molecule has 9 nitrogen and oxygen atoms in total. The maximum Gasteiger partial charge on any atom is 0.192 e. The summed E-state index contributed by atoms with van der Waals surface area (Å²) in [5.41, 5.74) is 7.96. The van der Waals surface area contributed by atoms with Crippen molar-refractivity contribution in [3.8, 4) is 23.0 Å². The molecule has 1 fully saturated rings. The number of hydrogen-bond donors (Lipinski definition) is 5. The van der Waals surface area contributed by atoms with Crippen molar-refractivity contribution in [2.75, 3.05) is 33.1 Å². The number of ether oxygens (including phenoxy) is 2. The highest BCUT2D eigenvalue weighted by Gasteiger charge is 2.36. The summed E-state index contributed by atoms with van der Waals surface area (Å²) in [5.74, 6) is 1.30. The zero-order valence-electron chi connectivity index (χ0n) is 26.2. The number of unbranched alkanes of at least 4 members (excludes halogenated alkanes) is 2. The number of nitrogens with zero attached hydrogens (tertiary/aromatic N) is 1. The van der Waals surface area contributed by atoms with Crippen LogP contribution in [0.2, 0.25) is 0 Å². The second-order valence-corrected chi connectivity index (χ2v) is 11.5. The minimum absolute atomic E-state index is 0.0110. The minimum atomic E-state index is -0.374. The second kappa shape index (κ2) is 16.8. The number of aliphatic imine (C=N–C) groups is 1. The van der Waals surface area contributed by atoms with E-state index in [1.165, 1.54) is 7.11 Å². The molecular formula is C34H50N4O5. The van der Waals surface area contributed by atoms with Gasteiger partial charge in [0.05, 0.1) is 12.8 Å². The van der Waals surface area contributed by atoms with Crippen LogP contribution in [0.25, 0.3) is 0 Å². The number of phenolic OH excluding ortho intramolecular Hbond substituents is 2. The van der Waals surface area contributed by atoms with Gasteiger partial charge in [-0.1, -0.05) is 38.3 Å². The molecule has 0 aromatic heterocycles. The van der Waals surface area contributed by atoms with E-state index < -0.39 is 0 Å². The number of benzene rings is 2. The number of aromatic hydroxyl groups is 2. The second-order valence-electron chi connectivity index (χ2n) is 11.5. The Morgan fingerprint density at radius 3 is 2.56 bits per heavy atom. The number of ketones is 1. The van der Waals surface area contributed by atoms with Gasteiger partial charge in [0, 0.05) is 20.0 Å². The Bertz CT molecular complexity index is 1250. The van der Waals surface area contributed by atoms with E-state index in [9.17, 15) is 15.0 Å². The van der Waals surface area contributed by atoms with Gasteiger partial charge in [-0.15, -0.1) is 0 Å². The molecule has 0 heterocycles. The fourth-order valence-electron chi connectivity index (χ4n) is 5.74. The van der Waals surface area contributed by atoms with Gasteiger partial charge in [0.2, 0.25) is 0 Å². The molecule has 43 heavy (non-hydrogen) atoms. The largest absolute Gasteiger partial charge is 0.504 e. The molecule has 0 saturated heterocycles. The molecule has 2 aromatic rings. The van der Waals surface area contributed by atoms with Crippen molar-refractivity contribution in [1.82, 2.24) is 5.32 Å². The Balaban J connectivity index is 1.81. The van der Waals surface area contributed by atoms with Crippen LogP contribution < -0.4 is 25.8 Å². The maximum absolute atomic E-state index is 12.9. The van der Waals surface area contributed by atoms with Crippen LogP contribution in [0.5, 0.6) is 23.0 Å². The van der Waals surface area contributed by atoms with Gasteiger partial charge in [0.25, 0.3) is 0 Å². The van der Waals surface area contributed by atoms with Gasteiger partial charge in [0.1, 0.15) is 5.60 Å². The molecule has 1 atom stereocenters. The summed E-state index contributed by atoms with van der Waals surface area (Å²) in [7, 11) is 5.01.